The molecule has 16 heteroatoms. The van der Waals surface area contributed by atoms with Crippen molar-refractivity contribution in [1.29, 1.82) is 0 Å². The lowest BCUT2D eigenvalue weighted by Crippen LogP contribution is -2.29. The van der Waals surface area contributed by atoms with Gasteiger partial charge >= 0.3 is 6.01 Å². The van der Waals surface area contributed by atoms with Crippen molar-refractivity contribution >= 4 is 34.6 Å². The van der Waals surface area contributed by atoms with Crippen molar-refractivity contribution in [2.45, 2.75) is 66.1 Å². The highest BCUT2D eigenvalue weighted by molar-refractivity contribution is 7.15. The number of nitrogens with zero attached hydrogens (tertiary/aromatic N) is 8. The Morgan fingerprint density at radius 1 is 0.873 bits per heavy atom. The van der Waals surface area contributed by atoms with Crippen LogP contribution < -0.4 is 10.1 Å². The molecule has 1 aliphatic rings. The topological polar surface area (TPSA) is 176 Å². The molecule has 0 unspecified atom stereocenters. The Balaban J connectivity index is 0.847. The molecule has 0 saturated carbocycles. The number of benzene rings is 4. The van der Waals surface area contributed by atoms with Gasteiger partial charge in [0.2, 0.25) is 5.91 Å². The van der Waals surface area contributed by atoms with Crippen LogP contribution in [0, 0.1) is 20.8 Å². The number of aliphatic imine (C=N–C) groups is 1. The molecule has 0 spiro atoms. The number of carbonyl (C=O) groups is 1. The number of aromatic hydroxyl groups is 3. The number of hydrogen-bond acceptors (Lipinski definition) is 12. The van der Waals surface area contributed by atoms with Crippen LogP contribution in [0.4, 0.5) is 0 Å². The predicted octanol–water partition coefficient (Wildman–Crippen LogP) is 8.50. The summed E-state index contributed by atoms with van der Waals surface area (Å²) in [6.45, 7) is 12.0. The predicted molar refractivity (Wildman–Crippen MR) is 244 cm³/mol. The molecule has 1 atom stereocenters. The molecule has 0 saturated heterocycles. The molecule has 0 fully saturated rings. The fourth-order valence-corrected chi connectivity index (χ4v) is 9.12. The molecule has 0 bridgehead atoms. The molecule has 7 aromatic rings. The summed E-state index contributed by atoms with van der Waals surface area (Å²) in [5, 5.41) is 53.1. The maximum Gasteiger partial charge on any atom is 0.319 e. The molecule has 3 aromatic heterocycles. The summed E-state index contributed by atoms with van der Waals surface area (Å²) in [5.41, 5.74) is 7.64. The Morgan fingerprint density at radius 2 is 1.56 bits per heavy atom. The van der Waals surface area contributed by atoms with Crippen LogP contribution >= 0.6 is 22.9 Å². The minimum absolute atomic E-state index is 0.000611. The van der Waals surface area contributed by atoms with Crippen LogP contribution in [0.5, 0.6) is 23.3 Å². The minimum atomic E-state index is -0.559. The van der Waals surface area contributed by atoms with Crippen LogP contribution in [0.25, 0.3) is 22.1 Å². The van der Waals surface area contributed by atoms with Gasteiger partial charge in [-0.1, -0.05) is 66.9 Å². The summed E-state index contributed by atoms with van der Waals surface area (Å²) in [5.74, 6) is 1.97. The second-order valence-corrected chi connectivity index (χ2v) is 17.7. The Hall–Kier alpha value is -6.55. The first-order valence-electron chi connectivity index (χ1n) is 20.6. The fraction of sp³-hybridized carbons (Fsp3) is 0.277. The molecule has 4 N–H and O–H groups in total. The third-order valence-corrected chi connectivity index (χ3v) is 12.5. The lowest BCUT2D eigenvalue weighted by molar-refractivity contribution is -0.121. The number of amides is 1. The number of halogens is 1. The number of thiophene rings is 1. The van der Waals surface area contributed by atoms with Crippen molar-refractivity contribution in [2.75, 3.05) is 20.2 Å². The van der Waals surface area contributed by atoms with Crippen LogP contribution in [-0.2, 0) is 17.9 Å². The van der Waals surface area contributed by atoms with E-state index in [1.165, 1.54) is 15.5 Å². The SMILES string of the molecule is Cc1sc2c(c1C)C(c1ccc(Cl)cc1)=N[C@@H](CC(=O)NCCOc1ccc(CN(C)Cc3ccc(-n4c(O)nnc4-c4cc(C(C)C)c(O)cc4O)cc3)cc1)c1nnc(C)n1-2. The smallest absolute Gasteiger partial charge is 0.319 e. The molecule has 4 heterocycles. The largest absolute Gasteiger partial charge is 0.508 e. The number of rotatable bonds is 14. The number of aromatic nitrogens is 6. The quantitative estimate of drug-likeness (QED) is 0.0775. The molecule has 14 nitrogen and oxygen atoms in total. The van der Waals surface area contributed by atoms with Gasteiger partial charge in [0.15, 0.2) is 11.6 Å². The number of phenols is 2. The molecule has 1 amide bonds. The summed E-state index contributed by atoms with van der Waals surface area (Å²) in [7, 11) is 2.04. The summed E-state index contributed by atoms with van der Waals surface area (Å²) >= 11 is 7.92. The van der Waals surface area contributed by atoms with Gasteiger partial charge in [-0.25, -0.2) is 4.57 Å². The van der Waals surface area contributed by atoms with Gasteiger partial charge in [-0.3, -0.25) is 19.3 Å². The van der Waals surface area contributed by atoms with Gasteiger partial charge in [0, 0.05) is 40.2 Å². The zero-order valence-corrected chi connectivity index (χ0v) is 37.4. The second-order valence-electron chi connectivity index (χ2n) is 16.0. The van der Waals surface area contributed by atoms with Gasteiger partial charge in [0.05, 0.1) is 29.9 Å². The maximum absolute atomic E-state index is 13.4. The van der Waals surface area contributed by atoms with E-state index in [1.54, 1.807) is 17.4 Å². The van der Waals surface area contributed by atoms with Crippen LogP contribution in [0.15, 0.2) is 89.9 Å². The van der Waals surface area contributed by atoms with E-state index in [9.17, 15) is 20.1 Å². The maximum atomic E-state index is 13.4. The van der Waals surface area contributed by atoms with E-state index >= 15 is 0 Å². The summed E-state index contributed by atoms with van der Waals surface area (Å²) in [6, 6.07) is 25.3. The summed E-state index contributed by atoms with van der Waals surface area (Å²) < 4.78 is 9.49. The summed E-state index contributed by atoms with van der Waals surface area (Å²) in [6.07, 6.45) is 0.0901. The monoisotopic (exact) mass is 885 g/mol. The van der Waals surface area contributed by atoms with E-state index in [2.05, 4.69) is 44.5 Å². The van der Waals surface area contributed by atoms with Crippen molar-refractivity contribution in [3.05, 3.63) is 140 Å². The van der Waals surface area contributed by atoms with E-state index in [0.717, 1.165) is 44.4 Å². The highest BCUT2D eigenvalue weighted by Gasteiger charge is 2.32. The molecule has 63 heavy (non-hydrogen) atoms. The first kappa shape index (κ1) is 43.1. The second kappa shape index (κ2) is 18.0. The molecular weight excluding hydrogens is 838 g/mol. The molecule has 1 aliphatic heterocycles. The first-order chi connectivity index (χ1) is 30.2. The zero-order chi connectivity index (χ0) is 44.5. The van der Waals surface area contributed by atoms with E-state index in [0.29, 0.717) is 59.7 Å². The molecule has 0 aliphatic carbocycles. The number of carbonyl (C=O) groups excluding carboxylic acids is 1. The van der Waals surface area contributed by atoms with Crippen molar-refractivity contribution < 1.29 is 24.9 Å². The highest BCUT2D eigenvalue weighted by atomic mass is 35.5. The van der Waals surface area contributed by atoms with Gasteiger partial charge in [-0.05, 0) is 98.5 Å². The fourth-order valence-electron chi connectivity index (χ4n) is 7.78. The third-order valence-electron chi connectivity index (χ3n) is 11.1. The Bertz CT molecular complexity index is 2810. The number of phenolic OH excluding ortho intramolecular Hbond substituents is 2. The number of aryl methyl sites for hydroxylation is 2. The van der Waals surface area contributed by atoms with Crippen LogP contribution in [0.3, 0.4) is 0 Å². The van der Waals surface area contributed by atoms with E-state index < -0.39 is 6.04 Å². The lowest BCUT2D eigenvalue weighted by atomic mass is 9.98. The van der Waals surface area contributed by atoms with Gasteiger partial charge in [0.25, 0.3) is 0 Å². The van der Waals surface area contributed by atoms with Gasteiger partial charge in [0.1, 0.15) is 40.7 Å². The number of ether oxygens (including phenoxy) is 1. The van der Waals surface area contributed by atoms with Crippen LogP contribution in [0.2, 0.25) is 5.02 Å². The van der Waals surface area contributed by atoms with Crippen molar-refractivity contribution in [1.82, 2.24) is 39.7 Å². The van der Waals surface area contributed by atoms with Gasteiger partial charge in [-0.2, -0.15) is 0 Å². The Morgan fingerprint density at radius 3 is 2.24 bits per heavy atom. The molecule has 324 valence electrons. The Labute approximate surface area is 374 Å². The normalized spacial score (nSPS) is 13.5. The average molecular weight is 886 g/mol. The Kier molecular flexibility index (Phi) is 12.3. The molecule has 4 aromatic carbocycles. The average Bonchev–Trinajstić information content (AvgIpc) is 3.89. The number of hydrogen-bond donors (Lipinski definition) is 4. The van der Waals surface area contributed by atoms with Crippen LogP contribution in [0.1, 0.15) is 82.1 Å². The van der Waals surface area contributed by atoms with Crippen LogP contribution in [-0.4, -0.2) is 81.6 Å². The highest BCUT2D eigenvalue weighted by Crippen LogP contribution is 2.41. The lowest BCUT2D eigenvalue weighted by Gasteiger charge is -2.18. The number of nitrogens with one attached hydrogen (secondary N) is 1. The van der Waals surface area contributed by atoms with E-state index in [-0.39, 0.29) is 41.6 Å². The molecule has 0 radical (unpaired) electrons. The number of fused-ring (bicyclic) bond motifs is 3. The molecule has 8 rings (SSSR count). The molecular formula is C47H48ClN9O5S. The first-order valence-corrected chi connectivity index (χ1v) is 21.8. The van der Waals surface area contributed by atoms with Crippen molar-refractivity contribution in [2.24, 2.45) is 4.99 Å². The third kappa shape index (κ3) is 9.03. The van der Waals surface area contributed by atoms with Gasteiger partial charge in [-0.15, -0.1) is 26.6 Å². The van der Waals surface area contributed by atoms with Gasteiger partial charge < -0.3 is 25.4 Å². The van der Waals surface area contributed by atoms with E-state index in [1.807, 2.05) is 105 Å². The van der Waals surface area contributed by atoms with E-state index in [4.69, 9.17) is 21.3 Å². The van der Waals surface area contributed by atoms with Crippen molar-refractivity contribution in [3.63, 3.8) is 0 Å². The van der Waals surface area contributed by atoms with Crippen molar-refractivity contribution in [3.8, 4) is 45.3 Å². The zero-order valence-electron chi connectivity index (χ0n) is 35.8. The summed E-state index contributed by atoms with van der Waals surface area (Å²) in [4.78, 5) is 22.0. The minimum Gasteiger partial charge on any atom is -0.508 e. The standard InChI is InChI=1S/C47H48ClN9O5S/c1-26(2)36-21-37(40(59)23-39(36)58)44-52-54-47(61)57(44)34-15-7-30(8-16-34)24-55(6)25-31-9-17-35(18-10-31)62-20-19-49-41(60)22-38-45-53-51-29(5)56(45)46-42(27(3)28(4)63-46)43(50-38)32-11-13-33(48)14-12-32/h7-18,21,23,26,38,58-59H,19-20,22,24-25H2,1-6H3,(H,49,60)(H,54,61)/t38-/m0/s1.